The minimum atomic E-state index is -3.86. The Hall–Kier alpha value is -1.57. The van der Waals surface area contributed by atoms with Crippen molar-refractivity contribution >= 4 is 54.9 Å². The molecule has 0 N–H and O–H groups in total. The van der Waals surface area contributed by atoms with Crippen LogP contribution in [0.1, 0.15) is 6.92 Å². The number of amides is 1. The molecule has 1 aliphatic carbocycles. The quantitative estimate of drug-likeness (QED) is 0.561. The van der Waals surface area contributed by atoms with Gasteiger partial charge in [0, 0.05) is 0 Å². The van der Waals surface area contributed by atoms with E-state index in [1.54, 1.807) is 25.1 Å². The molecular weight excluding hydrogens is 404 g/mol. The van der Waals surface area contributed by atoms with Gasteiger partial charge in [-0.1, -0.05) is 45.7 Å². The second-order valence-corrected chi connectivity index (χ2v) is 7.10. The van der Waals surface area contributed by atoms with Crippen LogP contribution in [0.2, 0.25) is 0 Å². The highest BCUT2D eigenvalue weighted by Gasteiger charge is 2.20. The summed E-state index contributed by atoms with van der Waals surface area (Å²) >= 11 is 9.20. The van der Waals surface area contributed by atoms with Crippen molar-refractivity contribution in [1.82, 2.24) is 0 Å². The molecule has 0 aliphatic heterocycles. The van der Waals surface area contributed by atoms with Crippen molar-refractivity contribution in [1.29, 1.82) is 0 Å². The van der Waals surface area contributed by atoms with Gasteiger partial charge in [0.15, 0.2) is 0 Å². The molecule has 5 nitrogen and oxygen atoms in total. The summed E-state index contributed by atoms with van der Waals surface area (Å²) in [6, 6.07) is 7.86. The number of allylic oxidation sites excluding steroid dienone is 4. The zero-order chi connectivity index (χ0) is 17.0. The Kier molecular flexibility index (Phi) is 5.67. The number of aliphatic imine (C=N–C) groups is 1. The number of halogens is 2. The third-order valence-corrected chi connectivity index (χ3v) is 5.22. The van der Waals surface area contributed by atoms with Crippen molar-refractivity contribution in [3.05, 3.63) is 53.1 Å². The fraction of sp³-hybridized carbons (Fsp3) is 0.133. The first kappa shape index (κ1) is 17.8. The van der Waals surface area contributed by atoms with E-state index in [1.807, 2.05) is 0 Å². The normalized spacial score (nSPS) is 18.7. The zero-order valence-corrected chi connectivity index (χ0v) is 15.2. The van der Waals surface area contributed by atoms with E-state index in [9.17, 15) is 13.2 Å². The molecule has 0 saturated heterocycles. The lowest BCUT2D eigenvalue weighted by Crippen LogP contribution is -2.14. The molecule has 0 bridgehead atoms. The van der Waals surface area contributed by atoms with Gasteiger partial charge in [0.25, 0.3) is 15.9 Å². The SMILES string of the molecule is CC1=C(Cl)/C(=N\S(=O)(=O)c2ccccc2)C=CC1=NC(=O)CBr. The summed E-state index contributed by atoms with van der Waals surface area (Å²) in [6.07, 6.45) is 2.94. The van der Waals surface area contributed by atoms with Crippen molar-refractivity contribution < 1.29 is 13.2 Å². The largest absolute Gasteiger partial charge is 0.282 e. The molecule has 0 unspecified atom stereocenters. The third kappa shape index (κ3) is 4.25. The van der Waals surface area contributed by atoms with Gasteiger partial charge in [-0.25, -0.2) is 4.99 Å². The molecule has 0 heterocycles. The van der Waals surface area contributed by atoms with Crippen molar-refractivity contribution in [3.8, 4) is 0 Å². The predicted octanol–water partition coefficient (Wildman–Crippen LogP) is 3.26. The maximum atomic E-state index is 12.3. The minimum Gasteiger partial charge on any atom is -0.272 e. The summed E-state index contributed by atoms with van der Waals surface area (Å²) < 4.78 is 28.3. The molecule has 0 saturated carbocycles. The molecular formula is C15H12BrClN2O3S. The fourth-order valence-electron chi connectivity index (χ4n) is 1.79. The first-order valence-corrected chi connectivity index (χ1v) is 9.42. The van der Waals surface area contributed by atoms with Crippen LogP contribution >= 0.6 is 27.5 Å². The molecule has 2 rings (SSSR count). The molecule has 0 aromatic heterocycles. The number of alkyl halides is 1. The molecule has 1 aromatic rings. The standard InChI is InChI=1S/C15H12BrClN2O3S/c1-10-12(18-14(20)9-16)7-8-13(15(10)17)19-23(21,22)11-5-3-2-4-6-11/h2-8H,9H2,1H3/b18-12?,19-13-. The molecule has 0 atom stereocenters. The Labute approximate surface area is 147 Å². The number of hydrogen-bond donors (Lipinski definition) is 0. The van der Waals surface area contributed by atoms with Crippen molar-refractivity contribution in [3.63, 3.8) is 0 Å². The fourth-order valence-corrected chi connectivity index (χ4v) is 3.19. The van der Waals surface area contributed by atoms with Crippen LogP contribution in [0.4, 0.5) is 0 Å². The van der Waals surface area contributed by atoms with Crippen LogP contribution in [0.5, 0.6) is 0 Å². The van der Waals surface area contributed by atoms with Gasteiger partial charge in [0.05, 0.1) is 26.7 Å². The molecule has 1 aliphatic rings. The van der Waals surface area contributed by atoms with Crippen LogP contribution < -0.4 is 0 Å². The third-order valence-electron chi connectivity index (χ3n) is 2.96. The van der Waals surface area contributed by atoms with E-state index in [4.69, 9.17) is 11.6 Å². The maximum Gasteiger partial charge on any atom is 0.282 e. The first-order chi connectivity index (χ1) is 10.8. The summed E-state index contributed by atoms with van der Waals surface area (Å²) in [5, 5.41) is 0.242. The van der Waals surface area contributed by atoms with Gasteiger partial charge in [-0.3, -0.25) is 4.79 Å². The molecule has 1 amide bonds. The highest BCUT2D eigenvalue weighted by atomic mass is 79.9. The van der Waals surface area contributed by atoms with E-state index in [1.165, 1.54) is 24.3 Å². The number of carbonyl (C=O) groups is 1. The summed E-state index contributed by atoms with van der Waals surface area (Å²) in [5.74, 6) is -0.356. The lowest BCUT2D eigenvalue weighted by molar-refractivity contribution is -0.115. The highest BCUT2D eigenvalue weighted by molar-refractivity contribution is 9.09. The van der Waals surface area contributed by atoms with E-state index in [-0.39, 0.29) is 26.9 Å². The Morgan fingerprint density at radius 2 is 1.78 bits per heavy atom. The van der Waals surface area contributed by atoms with Crippen molar-refractivity contribution in [2.75, 3.05) is 5.33 Å². The van der Waals surface area contributed by atoms with E-state index >= 15 is 0 Å². The van der Waals surface area contributed by atoms with Crippen LogP contribution in [0.25, 0.3) is 0 Å². The predicted molar refractivity (Wildman–Crippen MR) is 95.0 cm³/mol. The van der Waals surface area contributed by atoms with E-state index in [2.05, 4.69) is 25.3 Å². The van der Waals surface area contributed by atoms with Gasteiger partial charge in [0.2, 0.25) is 0 Å². The smallest absolute Gasteiger partial charge is 0.272 e. The number of sulfonamides is 1. The van der Waals surface area contributed by atoms with Gasteiger partial charge < -0.3 is 0 Å². The number of nitrogens with zero attached hydrogens (tertiary/aromatic N) is 2. The lowest BCUT2D eigenvalue weighted by atomic mass is 10.0. The Bertz CT molecular complexity index is 856. The Morgan fingerprint density at radius 1 is 1.17 bits per heavy atom. The molecule has 23 heavy (non-hydrogen) atoms. The second kappa shape index (κ2) is 7.33. The first-order valence-electron chi connectivity index (χ1n) is 6.48. The minimum absolute atomic E-state index is 0.0805. The molecule has 1 aromatic carbocycles. The summed E-state index contributed by atoms with van der Waals surface area (Å²) in [7, 11) is -3.86. The monoisotopic (exact) mass is 414 g/mol. The van der Waals surface area contributed by atoms with E-state index < -0.39 is 10.0 Å². The highest BCUT2D eigenvalue weighted by Crippen LogP contribution is 2.22. The maximum absolute atomic E-state index is 12.3. The summed E-state index contributed by atoms with van der Waals surface area (Å²) in [5.41, 5.74) is 0.985. The number of hydrogen-bond acceptors (Lipinski definition) is 3. The van der Waals surface area contributed by atoms with Gasteiger partial charge in [-0.15, -0.1) is 0 Å². The van der Waals surface area contributed by atoms with E-state index in [0.29, 0.717) is 11.3 Å². The van der Waals surface area contributed by atoms with E-state index in [0.717, 1.165) is 0 Å². The summed E-state index contributed by atoms with van der Waals surface area (Å²) in [4.78, 5) is 15.3. The molecule has 120 valence electrons. The number of rotatable bonds is 3. The van der Waals surface area contributed by atoms with Crippen LogP contribution in [0.3, 0.4) is 0 Å². The average molecular weight is 416 g/mol. The van der Waals surface area contributed by atoms with Gasteiger partial charge in [-0.05, 0) is 36.8 Å². The number of benzene rings is 1. The average Bonchev–Trinajstić information content (AvgIpc) is 2.55. The Morgan fingerprint density at radius 3 is 2.39 bits per heavy atom. The number of carbonyl (C=O) groups excluding carboxylic acids is 1. The second-order valence-electron chi connectivity index (χ2n) is 4.56. The van der Waals surface area contributed by atoms with Gasteiger partial charge in [0.1, 0.15) is 0 Å². The molecule has 0 radical (unpaired) electrons. The topological polar surface area (TPSA) is 75.9 Å². The summed E-state index contributed by atoms with van der Waals surface area (Å²) in [6.45, 7) is 1.65. The van der Waals surface area contributed by atoms with Gasteiger partial charge >= 0.3 is 0 Å². The van der Waals surface area contributed by atoms with Crippen molar-refractivity contribution in [2.45, 2.75) is 11.8 Å². The zero-order valence-electron chi connectivity index (χ0n) is 12.0. The van der Waals surface area contributed by atoms with Gasteiger partial charge in [-0.2, -0.15) is 12.8 Å². The van der Waals surface area contributed by atoms with Crippen LogP contribution in [-0.2, 0) is 14.8 Å². The van der Waals surface area contributed by atoms with Crippen molar-refractivity contribution in [2.24, 2.45) is 9.39 Å². The molecule has 0 fully saturated rings. The molecule has 0 spiro atoms. The molecule has 8 heteroatoms. The lowest BCUT2D eigenvalue weighted by Gasteiger charge is -2.12. The Balaban J connectivity index is 2.42. The van der Waals surface area contributed by atoms with Crippen LogP contribution in [0.15, 0.2) is 67.4 Å². The van der Waals surface area contributed by atoms with Crippen LogP contribution in [-0.4, -0.2) is 31.1 Å². The van der Waals surface area contributed by atoms with Crippen LogP contribution in [0, 0.1) is 0 Å².